The molecular formula is C12H21NO7. The highest BCUT2D eigenvalue weighted by molar-refractivity contribution is 5.84. The number of rotatable bonds is 3. The van der Waals surface area contributed by atoms with Crippen molar-refractivity contribution in [2.75, 3.05) is 14.2 Å². The summed E-state index contributed by atoms with van der Waals surface area (Å²) in [4.78, 5) is 32.0. The zero-order chi connectivity index (χ0) is 15.9. The molecule has 2 N–H and O–H groups in total. The number of aliphatic hydroxyl groups is 1. The first kappa shape index (κ1) is 18.2. The minimum atomic E-state index is -0.660. The number of esters is 2. The smallest absolute Gasteiger partial charge is 0.408 e. The molecule has 1 rings (SSSR count). The lowest BCUT2D eigenvalue weighted by Gasteiger charge is -2.10. The topological polar surface area (TPSA) is 111 Å². The van der Waals surface area contributed by atoms with Gasteiger partial charge in [0.25, 0.3) is 0 Å². The number of aliphatic hydroxyl groups excluding tert-OH is 1. The SMILES string of the molecule is COC(=O)[C@@H](C)[C@@H](C)O.COC(=O)[C@H]1NC(=O)O[C@H]1C. The van der Waals surface area contributed by atoms with Gasteiger partial charge in [-0.1, -0.05) is 0 Å². The molecule has 1 fully saturated rings. The zero-order valence-electron chi connectivity index (χ0n) is 12.2. The zero-order valence-corrected chi connectivity index (χ0v) is 12.2. The molecule has 1 aliphatic heterocycles. The van der Waals surface area contributed by atoms with Crippen LogP contribution in [0.2, 0.25) is 0 Å². The Hall–Kier alpha value is -1.83. The molecule has 0 aliphatic carbocycles. The van der Waals surface area contributed by atoms with Gasteiger partial charge in [-0.05, 0) is 20.8 Å². The van der Waals surface area contributed by atoms with E-state index in [9.17, 15) is 14.4 Å². The van der Waals surface area contributed by atoms with Gasteiger partial charge in [0, 0.05) is 0 Å². The number of cyclic esters (lactones) is 1. The third-order valence-electron chi connectivity index (χ3n) is 2.79. The third-order valence-corrected chi connectivity index (χ3v) is 2.79. The molecule has 20 heavy (non-hydrogen) atoms. The number of alkyl carbamates (subject to hydrolysis) is 1. The Balaban J connectivity index is 0.000000370. The van der Waals surface area contributed by atoms with Crippen LogP contribution in [0.4, 0.5) is 4.79 Å². The Morgan fingerprint density at radius 3 is 2.10 bits per heavy atom. The summed E-state index contributed by atoms with van der Waals surface area (Å²) in [6, 6.07) is -0.660. The van der Waals surface area contributed by atoms with Crippen molar-refractivity contribution in [3.05, 3.63) is 0 Å². The second kappa shape index (κ2) is 8.36. The monoisotopic (exact) mass is 291 g/mol. The molecule has 8 heteroatoms. The van der Waals surface area contributed by atoms with E-state index in [-0.39, 0.29) is 5.97 Å². The minimum Gasteiger partial charge on any atom is -0.469 e. The number of amides is 1. The second-order valence-corrected chi connectivity index (χ2v) is 4.31. The molecule has 0 bridgehead atoms. The van der Waals surface area contributed by atoms with Crippen LogP contribution >= 0.6 is 0 Å². The van der Waals surface area contributed by atoms with Gasteiger partial charge in [0.1, 0.15) is 6.10 Å². The maximum Gasteiger partial charge on any atom is 0.408 e. The summed E-state index contributed by atoms with van der Waals surface area (Å²) in [5.74, 6) is -1.27. The Bertz CT molecular complexity index is 356. The quantitative estimate of drug-likeness (QED) is 0.548. The predicted octanol–water partition coefficient (Wildman–Crippen LogP) is -0.167. The Morgan fingerprint density at radius 2 is 1.85 bits per heavy atom. The van der Waals surface area contributed by atoms with Crippen LogP contribution in [0.25, 0.3) is 0 Å². The molecule has 1 heterocycles. The first-order chi connectivity index (χ1) is 9.24. The van der Waals surface area contributed by atoms with E-state index in [1.165, 1.54) is 14.2 Å². The summed E-state index contributed by atoms with van der Waals surface area (Å²) in [5.41, 5.74) is 0. The molecule has 0 aromatic rings. The van der Waals surface area contributed by atoms with E-state index >= 15 is 0 Å². The van der Waals surface area contributed by atoms with Gasteiger partial charge in [0.15, 0.2) is 6.04 Å². The molecule has 0 radical (unpaired) electrons. The van der Waals surface area contributed by atoms with E-state index in [2.05, 4.69) is 19.5 Å². The molecule has 0 saturated carbocycles. The molecule has 1 aliphatic rings. The largest absolute Gasteiger partial charge is 0.469 e. The van der Waals surface area contributed by atoms with Crippen molar-refractivity contribution in [3.8, 4) is 0 Å². The standard InChI is InChI=1S/C6H9NO4.C6H12O3/c1-3-4(5(8)10-2)7-6(9)11-3;1-4(5(2)7)6(8)9-3/h3-4H,1-2H3,(H,7,9);4-5,7H,1-3H3/t3-,4-;4-,5+/m00/s1. The number of carbonyl (C=O) groups excluding carboxylic acids is 3. The summed E-state index contributed by atoms with van der Waals surface area (Å²) >= 11 is 0. The van der Waals surface area contributed by atoms with Crippen molar-refractivity contribution in [1.82, 2.24) is 5.32 Å². The van der Waals surface area contributed by atoms with Gasteiger partial charge >= 0.3 is 18.0 Å². The van der Waals surface area contributed by atoms with Crippen molar-refractivity contribution < 1.29 is 33.7 Å². The fourth-order valence-corrected chi connectivity index (χ4v) is 1.28. The lowest BCUT2D eigenvalue weighted by atomic mass is 10.1. The highest BCUT2D eigenvalue weighted by Gasteiger charge is 2.36. The first-order valence-corrected chi connectivity index (χ1v) is 6.05. The number of nitrogens with one attached hydrogen (secondary N) is 1. The number of carbonyl (C=O) groups is 3. The molecule has 1 saturated heterocycles. The lowest BCUT2D eigenvalue weighted by Crippen LogP contribution is -2.38. The van der Waals surface area contributed by atoms with E-state index in [4.69, 9.17) is 5.11 Å². The van der Waals surface area contributed by atoms with E-state index in [0.717, 1.165) is 0 Å². The second-order valence-electron chi connectivity index (χ2n) is 4.31. The average Bonchev–Trinajstić information content (AvgIpc) is 2.75. The molecule has 0 aromatic heterocycles. The maximum atomic E-state index is 10.9. The molecular weight excluding hydrogens is 270 g/mol. The van der Waals surface area contributed by atoms with Gasteiger partial charge in [-0.2, -0.15) is 0 Å². The van der Waals surface area contributed by atoms with Crippen molar-refractivity contribution in [2.24, 2.45) is 5.92 Å². The van der Waals surface area contributed by atoms with Gasteiger partial charge < -0.3 is 24.6 Å². The Kier molecular flexibility index (Phi) is 7.60. The summed E-state index contributed by atoms with van der Waals surface area (Å²) in [5, 5.41) is 11.1. The Morgan fingerprint density at radius 1 is 1.30 bits per heavy atom. The van der Waals surface area contributed by atoms with Crippen molar-refractivity contribution in [2.45, 2.75) is 39.0 Å². The summed E-state index contributed by atoms with van der Waals surface area (Å²) in [6.45, 7) is 4.80. The molecule has 0 unspecified atom stereocenters. The number of hydrogen-bond donors (Lipinski definition) is 2. The maximum absolute atomic E-state index is 10.9. The lowest BCUT2D eigenvalue weighted by molar-refractivity contribution is -0.148. The normalized spacial score (nSPS) is 23.4. The fourth-order valence-electron chi connectivity index (χ4n) is 1.28. The minimum absolute atomic E-state index is 0.370. The summed E-state index contributed by atoms with van der Waals surface area (Å²) in [6.07, 6.45) is -1.65. The van der Waals surface area contributed by atoms with Crippen molar-refractivity contribution >= 4 is 18.0 Å². The van der Waals surface area contributed by atoms with Crippen LogP contribution < -0.4 is 5.32 Å². The molecule has 116 valence electrons. The van der Waals surface area contributed by atoms with Crippen LogP contribution in [-0.4, -0.2) is 55.6 Å². The molecule has 0 spiro atoms. The summed E-state index contributed by atoms with van der Waals surface area (Å²) in [7, 11) is 2.57. The van der Waals surface area contributed by atoms with Gasteiger partial charge in [0.2, 0.25) is 0 Å². The molecule has 4 atom stereocenters. The van der Waals surface area contributed by atoms with Crippen LogP contribution in [0, 0.1) is 5.92 Å². The highest BCUT2D eigenvalue weighted by Crippen LogP contribution is 2.08. The first-order valence-electron chi connectivity index (χ1n) is 6.05. The van der Waals surface area contributed by atoms with E-state index in [0.29, 0.717) is 0 Å². The van der Waals surface area contributed by atoms with Gasteiger partial charge in [-0.3, -0.25) is 4.79 Å². The van der Waals surface area contributed by atoms with Crippen LogP contribution in [0.3, 0.4) is 0 Å². The van der Waals surface area contributed by atoms with Crippen molar-refractivity contribution in [1.29, 1.82) is 0 Å². The van der Waals surface area contributed by atoms with Gasteiger partial charge in [-0.15, -0.1) is 0 Å². The molecule has 0 aromatic carbocycles. The fraction of sp³-hybridized carbons (Fsp3) is 0.750. The number of ether oxygens (including phenoxy) is 3. The van der Waals surface area contributed by atoms with Crippen LogP contribution in [-0.2, 0) is 23.8 Å². The molecule has 1 amide bonds. The van der Waals surface area contributed by atoms with E-state index in [1.807, 2.05) is 0 Å². The van der Waals surface area contributed by atoms with Gasteiger partial charge in [0.05, 0.1) is 26.2 Å². The number of hydrogen-bond acceptors (Lipinski definition) is 7. The number of methoxy groups -OCH3 is 2. The summed E-state index contributed by atoms with van der Waals surface area (Å²) < 4.78 is 13.4. The van der Waals surface area contributed by atoms with Crippen LogP contribution in [0.15, 0.2) is 0 Å². The van der Waals surface area contributed by atoms with Crippen LogP contribution in [0.5, 0.6) is 0 Å². The van der Waals surface area contributed by atoms with E-state index < -0.39 is 36.2 Å². The van der Waals surface area contributed by atoms with Gasteiger partial charge in [-0.25, -0.2) is 9.59 Å². The van der Waals surface area contributed by atoms with Crippen molar-refractivity contribution in [3.63, 3.8) is 0 Å². The highest BCUT2D eigenvalue weighted by atomic mass is 16.6. The van der Waals surface area contributed by atoms with E-state index in [1.54, 1.807) is 20.8 Å². The molecule has 8 nitrogen and oxygen atoms in total. The van der Waals surface area contributed by atoms with Crippen LogP contribution in [0.1, 0.15) is 20.8 Å². The average molecular weight is 291 g/mol. The Labute approximate surface area is 117 Å². The third kappa shape index (κ3) is 5.43. The predicted molar refractivity (Wildman–Crippen MR) is 67.7 cm³/mol.